The highest BCUT2D eigenvalue weighted by Crippen LogP contribution is 2.07. The fourth-order valence-electron chi connectivity index (χ4n) is 0.716. The zero-order valence-electron chi connectivity index (χ0n) is 5.28. The molecule has 56 valence electrons. The topological polar surface area (TPSA) is 123 Å². The van der Waals surface area contributed by atoms with Crippen molar-refractivity contribution in [2.24, 2.45) is 27.2 Å². The number of hydrogen-bond acceptors (Lipinski definition) is 6. The molecule has 0 aromatic rings. The third-order valence-electron chi connectivity index (χ3n) is 1.01. The third kappa shape index (κ3) is 1.42. The lowest BCUT2D eigenvalue weighted by Crippen LogP contribution is -2.46. The largest absolute Gasteiger partial charge is 0.387 e. The van der Waals surface area contributed by atoms with Crippen molar-refractivity contribution in [2.75, 3.05) is 0 Å². The minimum atomic E-state index is -1.67. The van der Waals surface area contributed by atoms with Gasteiger partial charge in [0.1, 0.15) is 5.84 Å². The summed E-state index contributed by atoms with van der Waals surface area (Å²) in [5.74, 6) is -1.57. The lowest BCUT2D eigenvalue weighted by atomic mass is 10.2. The number of amidine groups is 1. The van der Waals surface area contributed by atoms with E-state index in [4.69, 9.17) is 22.3 Å². The molecule has 1 aliphatic rings. The summed E-state index contributed by atoms with van der Waals surface area (Å²) in [7, 11) is 0. The maximum absolute atomic E-state index is 9.06. The molecule has 10 heavy (non-hydrogen) atoms. The SMILES string of the molecule is NC1=NC(N)=NC(N)(O)C1. The molecule has 6 heteroatoms. The average molecular weight is 143 g/mol. The van der Waals surface area contributed by atoms with Crippen molar-refractivity contribution in [3.63, 3.8) is 0 Å². The van der Waals surface area contributed by atoms with E-state index in [9.17, 15) is 0 Å². The lowest BCUT2D eigenvalue weighted by molar-refractivity contribution is 0.0627. The highest BCUT2D eigenvalue weighted by Gasteiger charge is 2.25. The van der Waals surface area contributed by atoms with Crippen LogP contribution in [0.2, 0.25) is 0 Å². The normalized spacial score (nSPS) is 33.0. The van der Waals surface area contributed by atoms with Gasteiger partial charge in [-0.05, 0) is 0 Å². The number of guanidine groups is 1. The first-order valence-electron chi connectivity index (χ1n) is 2.69. The van der Waals surface area contributed by atoms with Crippen molar-refractivity contribution in [1.82, 2.24) is 0 Å². The predicted molar refractivity (Wildman–Crippen MR) is 37.0 cm³/mol. The van der Waals surface area contributed by atoms with Gasteiger partial charge in [-0.15, -0.1) is 0 Å². The van der Waals surface area contributed by atoms with E-state index < -0.39 is 5.85 Å². The second-order valence-electron chi connectivity index (χ2n) is 2.13. The molecule has 1 unspecified atom stereocenters. The molecule has 1 rings (SSSR count). The van der Waals surface area contributed by atoms with Gasteiger partial charge < -0.3 is 16.6 Å². The smallest absolute Gasteiger partial charge is 0.221 e. The van der Waals surface area contributed by atoms with Crippen molar-refractivity contribution >= 4 is 11.8 Å². The molecule has 0 saturated carbocycles. The van der Waals surface area contributed by atoms with E-state index in [0.29, 0.717) is 0 Å². The van der Waals surface area contributed by atoms with Gasteiger partial charge in [0.05, 0.1) is 6.42 Å². The molecule has 0 bridgehead atoms. The van der Waals surface area contributed by atoms with E-state index in [1.54, 1.807) is 0 Å². The van der Waals surface area contributed by atoms with Crippen LogP contribution in [-0.4, -0.2) is 22.8 Å². The predicted octanol–water partition coefficient (Wildman–Crippen LogP) is -2.33. The number of nitrogens with zero attached hydrogens (tertiary/aromatic N) is 2. The Morgan fingerprint density at radius 1 is 1.50 bits per heavy atom. The van der Waals surface area contributed by atoms with E-state index in [1.807, 2.05) is 0 Å². The van der Waals surface area contributed by atoms with Crippen LogP contribution in [-0.2, 0) is 0 Å². The van der Waals surface area contributed by atoms with Gasteiger partial charge in [-0.2, -0.15) is 0 Å². The van der Waals surface area contributed by atoms with Crippen molar-refractivity contribution < 1.29 is 5.11 Å². The molecule has 0 radical (unpaired) electrons. The summed E-state index contributed by atoms with van der Waals surface area (Å²) < 4.78 is 0. The Morgan fingerprint density at radius 2 is 2.10 bits per heavy atom. The minimum absolute atomic E-state index is 0.0215. The zero-order chi connectivity index (χ0) is 7.78. The Bertz CT molecular complexity index is 206. The van der Waals surface area contributed by atoms with Crippen molar-refractivity contribution in [2.45, 2.75) is 12.3 Å². The highest BCUT2D eigenvalue weighted by molar-refractivity contribution is 5.96. The molecular weight excluding hydrogens is 134 g/mol. The van der Waals surface area contributed by atoms with Gasteiger partial charge in [0.25, 0.3) is 0 Å². The highest BCUT2D eigenvalue weighted by atomic mass is 16.3. The van der Waals surface area contributed by atoms with Gasteiger partial charge >= 0.3 is 0 Å². The minimum Gasteiger partial charge on any atom is -0.387 e. The van der Waals surface area contributed by atoms with E-state index in [1.165, 1.54) is 0 Å². The van der Waals surface area contributed by atoms with Gasteiger partial charge in [0.2, 0.25) is 11.8 Å². The Hall–Kier alpha value is -1.14. The maximum atomic E-state index is 9.06. The van der Waals surface area contributed by atoms with Crippen LogP contribution in [0.25, 0.3) is 0 Å². The molecule has 1 aliphatic heterocycles. The van der Waals surface area contributed by atoms with Gasteiger partial charge in [0, 0.05) is 0 Å². The second-order valence-corrected chi connectivity index (χ2v) is 2.13. The summed E-state index contributed by atoms with van der Waals surface area (Å²) >= 11 is 0. The zero-order valence-corrected chi connectivity index (χ0v) is 5.28. The van der Waals surface area contributed by atoms with Crippen LogP contribution in [0.15, 0.2) is 9.98 Å². The fourth-order valence-corrected chi connectivity index (χ4v) is 0.716. The van der Waals surface area contributed by atoms with Gasteiger partial charge in [0.15, 0.2) is 0 Å². The van der Waals surface area contributed by atoms with Crippen LogP contribution < -0.4 is 17.2 Å². The van der Waals surface area contributed by atoms with Gasteiger partial charge in [-0.3, -0.25) is 5.73 Å². The lowest BCUT2D eigenvalue weighted by Gasteiger charge is -2.20. The van der Waals surface area contributed by atoms with E-state index in [0.717, 1.165) is 0 Å². The van der Waals surface area contributed by atoms with Crippen molar-refractivity contribution in [1.29, 1.82) is 0 Å². The standard InChI is InChI=1S/C4H9N5O/c5-2-1-4(7,10)9-3(6)8-2/h10H,1,7H2,(H4,5,6,8,9). The molecule has 0 fully saturated rings. The Morgan fingerprint density at radius 3 is 2.50 bits per heavy atom. The molecule has 1 atom stereocenters. The number of aliphatic imine (C=N–C) groups is 2. The Labute approximate surface area is 57.4 Å². The van der Waals surface area contributed by atoms with E-state index in [-0.39, 0.29) is 18.2 Å². The Balaban J connectivity index is 2.88. The summed E-state index contributed by atoms with van der Waals surface area (Å²) in [6.07, 6.45) is 0.0215. The molecule has 0 amide bonds. The first-order chi connectivity index (χ1) is 4.49. The van der Waals surface area contributed by atoms with Crippen LogP contribution in [0.1, 0.15) is 6.42 Å². The quantitative estimate of drug-likeness (QED) is 0.284. The van der Waals surface area contributed by atoms with Gasteiger partial charge in [-0.25, -0.2) is 9.98 Å². The monoisotopic (exact) mass is 143 g/mol. The van der Waals surface area contributed by atoms with E-state index in [2.05, 4.69) is 9.98 Å². The Kier molecular flexibility index (Phi) is 1.34. The molecular formula is C4H9N5O. The molecule has 0 aromatic heterocycles. The first kappa shape index (κ1) is 6.97. The van der Waals surface area contributed by atoms with Crippen LogP contribution >= 0.6 is 0 Å². The molecule has 1 heterocycles. The maximum Gasteiger partial charge on any atom is 0.221 e. The molecule has 0 aromatic carbocycles. The van der Waals surface area contributed by atoms with Crippen LogP contribution in [0.3, 0.4) is 0 Å². The molecule has 0 aliphatic carbocycles. The van der Waals surface area contributed by atoms with Crippen LogP contribution in [0.5, 0.6) is 0 Å². The summed E-state index contributed by atoms with van der Waals surface area (Å²) in [6, 6.07) is 0. The van der Waals surface area contributed by atoms with Gasteiger partial charge in [-0.1, -0.05) is 0 Å². The number of hydrogen-bond donors (Lipinski definition) is 4. The van der Waals surface area contributed by atoms with Crippen molar-refractivity contribution in [3.05, 3.63) is 0 Å². The summed E-state index contributed by atoms with van der Waals surface area (Å²) in [5, 5.41) is 9.06. The van der Waals surface area contributed by atoms with Crippen LogP contribution in [0, 0.1) is 0 Å². The molecule has 6 nitrogen and oxygen atoms in total. The number of nitrogens with two attached hydrogens (primary N) is 3. The summed E-state index contributed by atoms with van der Waals surface area (Å²) in [4.78, 5) is 6.99. The number of rotatable bonds is 0. The third-order valence-corrected chi connectivity index (χ3v) is 1.01. The first-order valence-corrected chi connectivity index (χ1v) is 2.69. The second kappa shape index (κ2) is 1.93. The molecule has 0 spiro atoms. The summed E-state index contributed by atoms with van der Waals surface area (Å²) in [6.45, 7) is 0. The molecule has 7 N–H and O–H groups in total. The average Bonchev–Trinajstić information content (AvgIpc) is 1.54. The van der Waals surface area contributed by atoms with Crippen molar-refractivity contribution in [3.8, 4) is 0 Å². The van der Waals surface area contributed by atoms with E-state index >= 15 is 0 Å². The molecule has 0 saturated heterocycles. The van der Waals surface area contributed by atoms with Crippen LogP contribution in [0.4, 0.5) is 0 Å². The number of aliphatic hydroxyl groups is 1. The fraction of sp³-hybridized carbons (Fsp3) is 0.500. The summed E-state index contributed by atoms with van der Waals surface area (Å²) in [5.41, 5.74) is 15.6.